The minimum Gasteiger partial charge on any atom is -0.353 e. The summed E-state index contributed by atoms with van der Waals surface area (Å²) in [7, 11) is 0. The van der Waals surface area contributed by atoms with Gasteiger partial charge in [-0.1, -0.05) is 48.0 Å². The first-order valence-electron chi connectivity index (χ1n) is 13.1. The lowest BCUT2D eigenvalue weighted by Gasteiger charge is -2.43. The number of carbonyl (C=O) groups excluding carboxylic acids is 2. The van der Waals surface area contributed by atoms with Gasteiger partial charge >= 0.3 is 0 Å². The molecule has 0 radical (unpaired) electrons. The van der Waals surface area contributed by atoms with Crippen molar-refractivity contribution in [3.05, 3.63) is 93.2 Å². The largest absolute Gasteiger partial charge is 0.353 e. The molecule has 4 rings (SSSR count). The van der Waals surface area contributed by atoms with E-state index in [-0.39, 0.29) is 17.9 Å². The number of hydrogen-bond donors (Lipinski definition) is 2. The third-order valence-electron chi connectivity index (χ3n) is 7.08. The maximum absolute atomic E-state index is 13.5. The van der Waals surface area contributed by atoms with Gasteiger partial charge < -0.3 is 16.0 Å². The molecule has 0 spiro atoms. The number of nitrogens with zero attached hydrogens (tertiary/aromatic N) is 2. The number of likely N-dealkylation sites (tertiary alicyclic amines) is 1. The standard InChI is InChI=1S/C30H38N4O2S/c1-22-8-11-25(12-9-22)30(36)34-19-15-26(20-28(34)29(35)32-17-16-31)33(21-27-13-10-23(2)37-27)18-14-24-6-4-3-5-7-24/h3-13,26,28H,14-21,31H2,1-2H3,(H,32,35)/t26?,28-/m1/s1. The molecule has 37 heavy (non-hydrogen) atoms. The van der Waals surface area contributed by atoms with Crippen molar-refractivity contribution in [2.45, 2.75) is 51.7 Å². The zero-order valence-corrected chi connectivity index (χ0v) is 22.7. The smallest absolute Gasteiger partial charge is 0.254 e. The second-order valence-corrected chi connectivity index (χ2v) is 11.2. The third-order valence-corrected chi connectivity index (χ3v) is 8.07. The number of carbonyl (C=O) groups is 2. The highest BCUT2D eigenvalue weighted by molar-refractivity contribution is 7.11. The van der Waals surface area contributed by atoms with Crippen LogP contribution in [0.4, 0.5) is 0 Å². The maximum Gasteiger partial charge on any atom is 0.254 e. The van der Waals surface area contributed by atoms with E-state index in [2.05, 4.69) is 53.5 Å². The van der Waals surface area contributed by atoms with Crippen molar-refractivity contribution in [1.29, 1.82) is 0 Å². The number of aryl methyl sites for hydroxylation is 2. The molecule has 7 heteroatoms. The molecule has 1 aromatic heterocycles. The molecule has 1 aliphatic rings. The van der Waals surface area contributed by atoms with Crippen LogP contribution in [0.25, 0.3) is 0 Å². The fourth-order valence-electron chi connectivity index (χ4n) is 5.02. The Hall–Kier alpha value is -3.00. The van der Waals surface area contributed by atoms with Crippen molar-refractivity contribution in [1.82, 2.24) is 15.1 Å². The number of benzene rings is 2. The fraction of sp³-hybridized carbons (Fsp3) is 0.400. The Kier molecular flexibility index (Phi) is 9.50. The molecule has 1 aliphatic heterocycles. The number of piperidine rings is 1. The van der Waals surface area contributed by atoms with E-state index in [9.17, 15) is 9.59 Å². The topological polar surface area (TPSA) is 78.7 Å². The monoisotopic (exact) mass is 518 g/mol. The summed E-state index contributed by atoms with van der Waals surface area (Å²) >= 11 is 1.82. The second kappa shape index (κ2) is 13.0. The number of amides is 2. The van der Waals surface area contributed by atoms with Crippen LogP contribution in [0, 0.1) is 13.8 Å². The van der Waals surface area contributed by atoms with Crippen molar-refractivity contribution >= 4 is 23.2 Å². The van der Waals surface area contributed by atoms with E-state index in [1.807, 2.05) is 48.6 Å². The van der Waals surface area contributed by atoms with Crippen LogP contribution >= 0.6 is 11.3 Å². The Labute approximate surface area is 224 Å². The zero-order chi connectivity index (χ0) is 26.2. The van der Waals surface area contributed by atoms with Crippen LogP contribution in [-0.4, -0.2) is 59.9 Å². The first-order valence-corrected chi connectivity index (χ1v) is 13.9. The molecule has 1 unspecified atom stereocenters. The van der Waals surface area contributed by atoms with E-state index < -0.39 is 6.04 Å². The predicted octanol–water partition coefficient (Wildman–Crippen LogP) is 4.16. The highest BCUT2D eigenvalue weighted by Crippen LogP contribution is 2.27. The summed E-state index contributed by atoms with van der Waals surface area (Å²) in [4.78, 5) is 33.7. The van der Waals surface area contributed by atoms with Gasteiger partial charge in [-0.25, -0.2) is 0 Å². The maximum atomic E-state index is 13.5. The Morgan fingerprint density at radius 1 is 1.05 bits per heavy atom. The van der Waals surface area contributed by atoms with Gasteiger partial charge in [-0.3, -0.25) is 14.5 Å². The minimum absolute atomic E-state index is 0.0870. The van der Waals surface area contributed by atoms with E-state index in [1.54, 1.807) is 4.90 Å². The van der Waals surface area contributed by atoms with Gasteiger partial charge in [0.05, 0.1) is 0 Å². The van der Waals surface area contributed by atoms with Crippen LogP contribution in [0.15, 0.2) is 66.7 Å². The molecular weight excluding hydrogens is 480 g/mol. The summed E-state index contributed by atoms with van der Waals surface area (Å²) in [6.07, 6.45) is 2.38. The predicted molar refractivity (Wildman–Crippen MR) is 151 cm³/mol. The average Bonchev–Trinajstić information content (AvgIpc) is 3.34. The molecule has 2 atom stereocenters. The molecule has 0 aliphatic carbocycles. The van der Waals surface area contributed by atoms with Gasteiger partial charge in [0.15, 0.2) is 0 Å². The summed E-state index contributed by atoms with van der Waals surface area (Å²) < 4.78 is 0. The lowest BCUT2D eigenvalue weighted by atomic mass is 9.93. The molecule has 3 aromatic rings. The summed E-state index contributed by atoms with van der Waals surface area (Å²) in [6.45, 7) is 7.20. The van der Waals surface area contributed by atoms with Crippen molar-refractivity contribution < 1.29 is 9.59 Å². The molecule has 2 aromatic carbocycles. The number of thiophene rings is 1. The van der Waals surface area contributed by atoms with Gasteiger partial charge in [0, 0.05) is 54.1 Å². The molecule has 1 saturated heterocycles. The molecule has 0 saturated carbocycles. The Balaban J connectivity index is 1.55. The number of rotatable bonds is 10. The van der Waals surface area contributed by atoms with Gasteiger partial charge in [-0.15, -0.1) is 11.3 Å². The van der Waals surface area contributed by atoms with Crippen molar-refractivity contribution in [3.63, 3.8) is 0 Å². The molecule has 2 amide bonds. The summed E-state index contributed by atoms with van der Waals surface area (Å²) in [5.41, 5.74) is 8.69. The van der Waals surface area contributed by atoms with E-state index >= 15 is 0 Å². The summed E-state index contributed by atoms with van der Waals surface area (Å²) in [6, 6.07) is 22.2. The van der Waals surface area contributed by atoms with Crippen LogP contribution in [-0.2, 0) is 17.8 Å². The third kappa shape index (κ3) is 7.28. The normalized spacial score (nSPS) is 17.7. The lowest BCUT2D eigenvalue weighted by molar-refractivity contribution is -0.127. The Morgan fingerprint density at radius 2 is 1.81 bits per heavy atom. The SMILES string of the molecule is Cc1ccc(C(=O)N2CCC(N(CCc3ccccc3)Cc3ccc(C)s3)C[C@@H]2C(=O)NCCN)cc1. The number of nitrogens with one attached hydrogen (secondary N) is 1. The molecule has 6 nitrogen and oxygen atoms in total. The molecule has 1 fully saturated rings. The van der Waals surface area contributed by atoms with Gasteiger partial charge in [-0.2, -0.15) is 0 Å². The van der Waals surface area contributed by atoms with Gasteiger partial charge in [0.25, 0.3) is 5.91 Å². The van der Waals surface area contributed by atoms with Crippen LogP contribution in [0.3, 0.4) is 0 Å². The van der Waals surface area contributed by atoms with Crippen molar-refractivity contribution in [2.75, 3.05) is 26.2 Å². The van der Waals surface area contributed by atoms with Crippen molar-refractivity contribution in [3.8, 4) is 0 Å². The minimum atomic E-state index is -0.525. The second-order valence-electron chi connectivity index (χ2n) is 9.86. The molecule has 196 valence electrons. The van der Waals surface area contributed by atoms with Crippen LogP contribution in [0.2, 0.25) is 0 Å². The highest BCUT2D eigenvalue weighted by Gasteiger charge is 2.38. The molecule has 3 N–H and O–H groups in total. The highest BCUT2D eigenvalue weighted by atomic mass is 32.1. The molecular formula is C30H38N4O2S. The lowest BCUT2D eigenvalue weighted by Crippen LogP contribution is -2.57. The first-order chi connectivity index (χ1) is 17.9. The number of nitrogens with two attached hydrogens (primary N) is 1. The van der Waals surface area contributed by atoms with Gasteiger partial charge in [0.1, 0.15) is 6.04 Å². The fourth-order valence-corrected chi connectivity index (χ4v) is 5.94. The first kappa shape index (κ1) is 27.0. The number of hydrogen-bond acceptors (Lipinski definition) is 5. The molecule has 0 bridgehead atoms. The van der Waals surface area contributed by atoms with E-state index in [0.29, 0.717) is 31.6 Å². The van der Waals surface area contributed by atoms with Crippen LogP contribution < -0.4 is 11.1 Å². The van der Waals surface area contributed by atoms with E-state index in [4.69, 9.17) is 5.73 Å². The van der Waals surface area contributed by atoms with Crippen molar-refractivity contribution in [2.24, 2.45) is 5.73 Å². The zero-order valence-electron chi connectivity index (χ0n) is 21.9. The van der Waals surface area contributed by atoms with Crippen LogP contribution in [0.5, 0.6) is 0 Å². The quantitative estimate of drug-likeness (QED) is 0.423. The Morgan fingerprint density at radius 3 is 2.49 bits per heavy atom. The average molecular weight is 519 g/mol. The van der Waals surface area contributed by atoms with E-state index in [0.717, 1.165) is 31.5 Å². The Bertz CT molecular complexity index is 1160. The molecule has 2 heterocycles. The summed E-state index contributed by atoms with van der Waals surface area (Å²) in [5, 5.41) is 2.94. The van der Waals surface area contributed by atoms with E-state index in [1.165, 1.54) is 15.3 Å². The van der Waals surface area contributed by atoms with Gasteiger partial charge in [0.2, 0.25) is 5.91 Å². The summed E-state index contributed by atoms with van der Waals surface area (Å²) in [5.74, 6) is -0.207. The van der Waals surface area contributed by atoms with Crippen LogP contribution in [0.1, 0.15) is 44.1 Å². The van der Waals surface area contributed by atoms with Gasteiger partial charge in [-0.05, 0) is 62.9 Å².